The Morgan fingerprint density at radius 3 is 2.84 bits per heavy atom. The molecule has 2 atom stereocenters. The molecule has 1 aromatic heterocycles. The SMILES string of the molecule is CCC1CCCC(c2ncc(CBr)c(C(F)F)n2)C1. The van der Waals surface area contributed by atoms with Crippen molar-refractivity contribution in [2.75, 3.05) is 0 Å². The van der Waals surface area contributed by atoms with Crippen LogP contribution in [0.3, 0.4) is 0 Å². The molecule has 2 unspecified atom stereocenters. The van der Waals surface area contributed by atoms with Gasteiger partial charge < -0.3 is 0 Å². The van der Waals surface area contributed by atoms with Crippen molar-refractivity contribution in [3.05, 3.63) is 23.3 Å². The van der Waals surface area contributed by atoms with Gasteiger partial charge in [-0.25, -0.2) is 18.7 Å². The molecule has 0 spiro atoms. The van der Waals surface area contributed by atoms with Crippen molar-refractivity contribution >= 4 is 15.9 Å². The van der Waals surface area contributed by atoms with Crippen LogP contribution in [0.2, 0.25) is 0 Å². The molecule has 19 heavy (non-hydrogen) atoms. The minimum absolute atomic E-state index is 0.111. The summed E-state index contributed by atoms with van der Waals surface area (Å²) in [5.41, 5.74) is 0.377. The van der Waals surface area contributed by atoms with Gasteiger partial charge in [0.1, 0.15) is 11.5 Å². The van der Waals surface area contributed by atoms with Gasteiger partial charge in [-0.05, 0) is 18.8 Å². The number of alkyl halides is 3. The molecule has 2 nitrogen and oxygen atoms in total. The van der Waals surface area contributed by atoms with Crippen molar-refractivity contribution in [2.24, 2.45) is 5.92 Å². The molecule has 1 aromatic rings. The lowest BCUT2D eigenvalue weighted by Gasteiger charge is -2.27. The van der Waals surface area contributed by atoms with E-state index in [0.29, 0.717) is 22.6 Å². The van der Waals surface area contributed by atoms with Gasteiger partial charge in [-0.15, -0.1) is 0 Å². The Balaban J connectivity index is 2.22. The van der Waals surface area contributed by atoms with Crippen molar-refractivity contribution in [3.8, 4) is 0 Å². The molecule has 1 aliphatic carbocycles. The Kier molecular flexibility index (Phi) is 5.25. The van der Waals surface area contributed by atoms with Gasteiger partial charge in [-0.1, -0.05) is 42.1 Å². The minimum atomic E-state index is -2.53. The molecule has 0 amide bonds. The second kappa shape index (κ2) is 6.73. The summed E-state index contributed by atoms with van der Waals surface area (Å²) >= 11 is 3.20. The molecule has 0 aliphatic heterocycles. The summed E-state index contributed by atoms with van der Waals surface area (Å²) in [7, 11) is 0. The van der Waals surface area contributed by atoms with E-state index in [1.807, 2.05) is 0 Å². The molecule has 1 aliphatic rings. The number of hydrogen-bond acceptors (Lipinski definition) is 2. The number of hydrogen-bond donors (Lipinski definition) is 0. The largest absolute Gasteiger partial charge is 0.280 e. The first-order valence-electron chi connectivity index (χ1n) is 6.85. The quantitative estimate of drug-likeness (QED) is 0.725. The van der Waals surface area contributed by atoms with Crippen molar-refractivity contribution in [1.29, 1.82) is 0 Å². The maximum absolute atomic E-state index is 13.0. The Bertz CT molecular complexity index is 426. The number of nitrogens with zero attached hydrogens (tertiary/aromatic N) is 2. The van der Waals surface area contributed by atoms with Gasteiger partial charge in [-0.3, -0.25) is 0 Å². The maximum atomic E-state index is 13.0. The van der Waals surface area contributed by atoms with Crippen LogP contribution in [0.5, 0.6) is 0 Å². The second-order valence-corrected chi connectivity index (χ2v) is 5.77. The van der Waals surface area contributed by atoms with Crippen molar-refractivity contribution in [1.82, 2.24) is 9.97 Å². The number of halogens is 3. The third-order valence-corrected chi connectivity index (χ3v) is 4.60. The molecular formula is C14H19BrF2N2. The van der Waals surface area contributed by atoms with Crippen LogP contribution < -0.4 is 0 Å². The second-order valence-electron chi connectivity index (χ2n) is 5.21. The highest BCUT2D eigenvalue weighted by atomic mass is 79.9. The average Bonchev–Trinajstić information content (AvgIpc) is 2.46. The monoisotopic (exact) mass is 332 g/mol. The first-order valence-corrected chi connectivity index (χ1v) is 7.97. The molecule has 0 saturated heterocycles. The van der Waals surface area contributed by atoms with Gasteiger partial charge in [0.05, 0.1) is 0 Å². The van der Waals surface area contributed by atoms with E-state index >= 15 is 0 Å². The highest BCUT2D eigenvalue weighted by molar-refractivity contribution is 9.08. The first-order chi connectivity index (χ1) is 9.15. The van der Waals surface area contributed by atoms with E-state index in [9.17, 15) is 8.78 Å². The summed E-state index contributed by atoms with van der Waals surface area (Å²) in [6.45, 7) is 2.19. The topological polar surface area (TPSA) is 25.8 Å². The van der Waals surface area contributed by atoms with Crippen LogP contribution >= 0.6 is 15.9 Å². The molecule has 1 fully saturated rings. The lowest BCUT2D eigenvalue weighted by molar-refractivity contribution is 0.144. The molecular weight excluding hydrogens is 314 g/mol. The minimum Gasteiger partial charge on any atom is -0.241 e. The Morgan fingerprint density at radius 2 is 2.21 bits per heavy atom. The van der Waals surface area contributed by atoms with E-state index in [2.05, 4.69) is 32.8 Å². The van der Waals surface area contributed by atoms with E-state index < -0.39 is 6.43 Å². The average molecular weight is 333 g/mol. The molecule has 1 saturated carbocycles. The van der Waals surface area contributed by atoms with E-state index in [-0.39, 0.29) is 11.6 Å². The van der Waals surface area contributed by atoms with E-state index in [4.69, 9.17) is 0 Å². The molecule has 0 bridgehead atoms. The molecule has 1 heterocycles. The zero-order chi connectivity index (χ0) is 13.8. The summed E-state index contributed by atoms with van der Waals surface area (Å²) in [5, 5.41) is 0.370. The summed E-state index contributed by atoms with van der Waals surface area (Å²) in [4.78, 5) is 8.45. The fourth-order valence-corrected chi connectivity index (χ4v) is 3.25. The summed E-state index contributed by atoms with van der Waals surface area (Å²) in [6.07, 6.45) is 4.62. The van der Waals surface area contributed by atoms with Gasteiger partial charge in [0, 0.05) is 23.0 Å². The Hall–Kier alpha value is -0.580. The summed E-state index contributed by atoms with van der Waals surface area (Å²) < 4.78 is 26.0. The van der Waals surface area contributed by atoms with Gasteiger partial charge in [0.2, 0.25) is 0 Å². The predicted octanol–water partition coefficient (Wildman–Crippen LogP) is 4.99. The first kappa shape index (κ1) is 14.8. The molecule has 5 heteroatoms. The predicted molar refractivity (Wildman–Crippen MR) is 74.6 cm³/mol. The lowest BCUT2D eigenvalue weighted by atomic mass is 9.80. The summed E-state index contributed by atoms with van der Waals surface area (Å²) in [5.74, 6) is 1.55. The molecule has 0 aromatic carbocycles. The van der Waals surface area contributed by atoms with E-state index in [1.165, 1.54) is 6.42 Å². The zero-order valence-electron chi connectivity index (χ0n) is 11.1. The molecule has 0 N–H and O–H groups in total. The van der Waals surface area contributed by atoms with Crippen LogP contribution in [0.15, 0.2) is 6.20 Å². The van der Waals surface area contributed by atoms with Crippen LogP contribution in [-0.4, -0.2) is 9.97 Å². The van der Waals surface area contributed by atoms with E-state index in [1.54, 1.807) is 6.20 Å². The van der Waals surface area contributed by atoms with Crippen LogP contribution in [0.25, 0.3) is 0 Å². The number of aromatic nitrogens is 2. The third kappa shape index (κ3) is 3.50. The highest BCUT2D eigenvalue weighted by Gasteiger charge is 2.26. The molecule has 2 rings (SSSR count). The third-order valence-electron chi connectivity index (χ3n) is 3.99. The summed E-state index contributed by atoms with van der Waals surface area (Å²) in [6, 6.07) is 0. The van der Waals surface area contributed by atoms with Crippen molar-refractivity contribution in [2.45, 2.75) is 56.7 Å². The normalized spacial score (nSPS) is 23.8. The standard InChI is InChI=1S/C14H19BrF2N2/c1-2-9-4-3-5-10(6-9)14-18-8-11(7-15)12(19-14)13(16)17/h8-10,13H,2-7H2,1H3. The smallest absolute Gasteiger partial charge is 0.241 e. The Morgan fingerprint density at radius 1 is 1.42 bits per heavy atom. The van der Waals surface area contributed by atoms with Crippen LogP contribution in [0.4, 0.5) is 8.78 Å². The highest BCUT2D eigenvalue weighted by Crippen LogP contribution is 2.36. The Labute approximate surface area is 121 Å². The van der Waals surface area contributed by atoms with Gasteiger partial charge in [-0.2, -0.15) is 0 Å². The fourth-order valence-electron chi connectivity index (χ4n) is 2.82. The van der Waals surface area contributed by atoms with Crippen LogP contribution in [0.1, 0.15) is 68.5 Å². The lowest BCUT2D eigenvalue weighted by Crippen LogP contribution is -2.17. The van der Waals surface area contributed by atoms with Crippen molar-refractivity contribution in [3.63, 3.8) is 0 Å². The zero-order valence-corrected chi connectivity index (χ0v) is 12.7. The molecule has 0 radical (unpaired) electrons. The van der Waals surface area contributed by atoms with Gasteiger partial charge in [0.15, 0.2) is 0 Å². The van der Waals surface area contributed by atoms with Gasteiger partial charge in [0.25, 0.3) is 6.43 Å². The van der Waals surface area contributed by atoms with E-state index in [0.717, 1.165) is 25.7 Å². The van der Waals surface area contributed by atoms with Gasteiger partial charge >= 0.3 is 0 Å². The van der Waals surface area contributed by atoms with Crippen LogP contribution in [0, 0.1) is 5.92 Å². The van der Waals surface area contributed by atoms with Crippen LogP contribution in [-0.2, 0) is 5.33 Å². The number of rotatable bonds is 4. The maximum Gasteiger partial charge on any atom is 0.280 e. The molecule has 106 valence electrons. The fraction of sp³-hybridized carbons (Fsp3) is 0.714. The van der Waals surface area contributed by atoms with Crippen molar-refractivity contribution < 1.29 is 8.78 Å².